The Balaban J connectivity index is 5.09. The highest BCUT2D eigenvalue weighted by Gasteiger charge is 2.19. The molecule has 3 unspecified atom stereocenters. The lowest BCUT2D eigenvalue weighted by Gasteiger charge is -2.29. The Morgan fingerprint density at radius 3 is 0.760 bits per heavy atom. The van der Waals surface area contributed by atoms with Gasteiger partial charge < -0.3 is 57.3 Å². The first-order valence-electron chi connectivity index (χ1n) is 49.3. The van der Waals surface area contributed by atoms with Gasteiger partial charge in [0.1, 0.15) is 18.3 Å². The van der Waals surface area contributed by atoms with Gasteiger partial charge >= 0.3 is 36.4 Å². The minimum Gasteiger partial charge on any atom is -0.466 e. The van der Waals surface area contributed by atoms with Gasteiger partial charge in [-0.25, -0.2) is 14.4 Å². The molecule has 0 bridgehead atoms. The summed E-state index contributed by atoms with van der Waals surface area (Å²) in [5.41, 5.74) is 0. The Bertz CT molecular complexity index is 2420. The van der Waals surface area contributed by atoms with E-state index in [0.717, 1.165) is 290 Å². The van der Waals surface area contributed by atoms with Crippen LogP contribution in [0.1, 0.15) is 408 Å². The Kier molecular flexibility index (Phi) is 87.1. The molecule has 0 aromatic rings. The normalized spacial score (nSPS) is 12.2. The summed E-state index contributed by atoms with van der Waals surface area (Å²) in [6.07, 6.45) is 68.4. The number of likely N-dealkylation sites (N-methyl/N-ethyl adjacent to an activating group) is 3. The smallest absolute Gasteiger partial charge is 0.466 e. The van der Waals surface area contributed by atoms with E-state index in [9.17, 15) is 28.8 Å². The quantitative estimate of drug-likeness (QED) is 0.0183. The van der Waals surface area contributed by atoms with Gasteiger partial charge in [-0.1, -0.05) is 306 Å². The van der Waals surface area contributed by atoms with E-state index in [0.29, 0.717) is 78.0 Å². The van der Waals surface area contributed by atoms with Crippen LogP contribution in [0.2, 0.25) is 0 Å². The van der Waals surface area contributed by atoms with Crippen molar-refractivity contribution in [3.63, 3.8) is 0 Å². The first-order valence-corrected chi connectivity index (χ1v) is 49.3. The monoisotopic (exact) mass is 1700 g/mol. The standard InChI is InChI=1S/C102H180N4O15/c1-10-16-22-28-43-55-67-91-116-100(110)119-94(70-58-25-19-13-4)73-61-49-40-34-31-37-46-52-64-88-113-97(107)76-79-103(7)82-85-106(86-83-104(8)80-77-98(108)114-89-65-53-47-38-32-35-41-50-62-74-95(71-59-26-20-14-5)120-101(111)117-92-68-56-44-29-23-17-11-2)87-84-105(9)81-78-99(109)115-90-66-54-48-39-33-36-42-51-63-75-96(72-60-27-21-15-6)121-102(112)118-93-69-57-45-30-24-18-12-3/h49-51,61-63,94-96H,10-48,52-54,58-60,64-66,70-93H2,1-9H3/b61-49-,62-50-,63-51-. The highest BCUT2D eigenvalue weighted by molar-refractivity contribution is 5.70. The third-order valence-corrected chi connectivity index (χ3v) is 21.8. The Morgan fingerprint density at radius 2 is 0.496 bits per heavy atom. The summed E-state index contributed by atoms with van der Waals surface area (Å²) < 4.78 is 50.0. The molecule has 19 nitrogen and oxygen atoms in total. The number of hydrogen-bond acceptors (Lipinski definition) is 19. The molecule has 698 valence electrons. The number of allylic oxidation sites excluding steroid dienone is 3. The Labute approximate surface area is 741 Å². The lowest BCUT2D eigenvalue weighted by molar-refractivity contribution is -0.145. The van der Waals surface area contributed by atoms with Gasteiger partial charge in [0.2, 0.25) is 0 Å². The summed E-state index contributed by atoms with van der Waals surface area (Å²) in [6.45, 7) is 21.2. The molecule has 0 aliphatic carbocycles. The zero-order chi connectivity index (χ0) is 88.3. The average molecular weight is 1700 g/mol. The molecule has 0 saturated carbocycles. The van der Waals surface area contributed by atoms with Crippen LogP contribution in [0.5, 0.6) is 0 Å². The number of ether oxygens (including phenoxy) is 9. The van der Waals surface area contributed by atoms with E-state index < -0.39 is 18.5 Å². The zero-order valence-corrected chi connectivity index (χ0v) is 79.0. The van der Waals surface area contributed by atoms with Crippen molar-refractivity contribution in [2.75, 3.05) is 120 Å². The molecule has 0 spiro atoms. The molecule has 3 atom stereocenters. The van der Waals surface area contributed by atoms with Crippen LogP contribution in [-0.2, 0) is 57.0 Å². The molecule has 0 N–H and O–H groups in total. The van der Waals surface area contributed by atoms with Crippen LogP contribution < -0.4 is 0 Å². The Hall–Kier alpha value is -6.04. The van der Waals surface area contributed by atoms with Gasteiger partial charge in [0, 0.05) is 97.4 Å². The van der Waals surface area contributed by atoms with Crippen molar-refractivity contribution in [3.05, 3.63) is 36.5 Å². The van der Waals surface area contributed by atoms with Gasteiger partial charge in [-0.05, 0) is 137 Å². The summed E-state index contributed by atoms with van der Waals surface area (Å²) in [4.78, 5) is 85.1. The number of nitrogens with zero attached hydrogens (tertiary/aromatic N) is 4. The van der Waals surface area contributed by atoms with E-state index in [1.54, 1.807) is 0 Å². The predicted molar refractivity (Wildman–Crippen MR) is 498 cm³/mol. The fourth-order valence-corrected chi connectivity index (χ4v) is 13.7. The molecule has 0 amide bonds. The van der Waals surface area contributed by atoms with E-state index >= 15 is 0 Å². The number of unbranched alkanes of at least 4 members (excludes halogenated alkanes) is 39. The van der Waals surface area contributed by atoms with Gasteiger partial charge in [-0.2, -0.15) is 0 Å². The molecule has 121 heavy (non-hydrogen) atoms. The summed E-state index contributed by atoms with van der Waals surface area (Å²) in [5.74, 6) is 17.6. The second-order valence-corrected chi connectivity index (χ2v) is 33.4. The molecule has 0 aromatic heterocycles. The molecular weight excluding hydrogens is 1520 g/mol. The first kappa shape index (κ1) is 115. The van der Waals surface area contributed by atoms with Crippen LogP contribution in [0, 0.1) is 35.5 Å². The van der Waals surface area contributed by atoms with Gasteiger partial charge in [-0.3, -0.25) is 19.3 Å². The molecule has 0 aliphatic rings. The van der Waals surface area contributed by atoms with Crippen LogP contribution in [0.15, 0.2) is 36.5 Å². The highest BCUT2D eigenvalue weighted by atomic mass is 16.7. The van der Waals surface area contributed by atoms with Crippen molar-refractivity contribution < 1.29 is 71.4 Å². The van der Waals surface area contributed by atoms with Crippen molar-refractivity contribution in [1.82, 2.24) is 19.6 Å². The van der Waals surface area contributed by atoms with Crippen LogP contribution in [-0.4, -0.2) is 194 Å². The van der Waals surface area contributed by atoms with Gasteiger partial charge in [-0.15, -0.1) is 0 Å². The zero-order valence-electron chi connectivity index (χ0n) is 79.0. The van der Waals surface area contributed by atoms with Crippen LogP contribution in [0.3, 0.4) is 0 Å². The van der Waals surface area contributed by atoms with E-state index in [1.165, 1.54) is 77.0 Å². The number of hydrogen-bond donors (Lipinski definition) is 0. The largest absolute Gasteiger partial charge is 0.509 e. The SMILES string of the molecule is CCCCCCC#CCOC(=O)OC(C/C=C\CCCCCCCCOC(=O)CCN(C)CCN(CCN(C)CCC(=O)OCCCCCCCC/C=C\CC(CCCCCC)OC(=O)OCC#CCCCCCC)CCN(C)CCC(=O)OCCCCCCCC/C=C\CC(CCCCCC)OC(=O)OCC#CCCCCCC)CCCCCC. The van der Waals surface area contributed by atoms with Crippen molar-refractivity contribution in [1.29, 1.82) is 0 Å². The highest BCUT2D eigenvalue weighted by Crippen LogP contribution is 2.20. The molecule has 0 fully saturated rings. The van der Waals surface area contributed by atoms with E-state index in [1.807, 2.05) is 0 Å². The predicted octanol–water partition coefficient (Wildman–Crippen LogP) is 25.3. The van der Waals surface area contributed by atoms with Crippen molar-refractivity contribution in [3.8, 4) is 35.5 Å². The second-order valence-electron chi connectivity index (χ2n) is 33.4. The van der Waals surface area contributed by atoms with E-state index in [-0.39, 0.29) is 56.0 Å². The van der Waals surface area contributed by atoms with Gasteiger partial charge in [0.05, 0.1) is 39.1 Å². The minimum absolute atomic E-state index is 0.0728. The van der Waals surface area contributed by atoms with Crippen LogP contribution in [0.4, 0.5) is 14.4 Å². The molecule has 0 aliphatic heterocycles. The topological polar surface area (TPSA) is 198 Å². The lowest BCUT2D eigenvalue weighted by atomic mass is 10.1. The van der Waals surface area contributed by atoms with Gasteiger partial charge in [0.15, 0.2) is 19.8 Å². The maximum atomic E-state index is 12.9. The number of carbonyl (C=O) groups is 6. The number of rotatable bonds is 84. The molecule has 0 saturated heterocycles. The van der Waals surface area contributed by atoms with Crippen molar-refractivity contribution >= 4 is 36.4 Å². The fourth-order valence-electron chi connectivity index (χ4n) is 13.7. The van der Waals surface area contributed by atoms with Crippen LogP contribution in [0.25, 0.3) is 0 Å². The first-order chi connectivity index (χ1) is 59.2. The van der Waals surface area contributed by atoms with E-state index in [2.05, 4.69) is 154 Å². The maximum Gasteiger partial charge on any atom is 0.509 e. The molecule has 0 aromatic carbocycles. The molecule has 19 heteroatoms. The van der Waals surface area contributed by atoms with Gasteiger partial charge in [0.25, 0.3) is 0 Å². The summed E-state index contributed by atoms with van der Waals surface area (Å²) in [7, 11) is 6.16. The Morgan fingerprint density at radius 1 is 0.256 bits per heavy atom. The fraction of sp³-hybridized carbons (Fsp3) is 0.824. The second kappa shape index (κ2) is 91.7. The molecule has 0 rings (SSSR count). The number of esters is 3. The maximum absolute atomic E-state index is 12.9. The summed E-state index contributed by atoms with van der Waals surface area (Å²) in [6, 6.07) is 0. The van der Waals surface area contributed by atoms with Crippen molar-refractivity contribution in [2.45, 2.75) is 426 Å². The molecule has 0 heterocycles. The summed E-state index contributed by atoms with van der Waals surface area (Å²) in [5, 5.41) is 0. The molecule has 0 radical (unpaired) electrons. The average Bonchev–Trinajstić information content (AvgIpc) is 0.926. The lowest BCUT2D eigenvalue weighted by Crippen LogP contribution is -2.42. The molecular formula is C102H180N4O15. The third-order valence-electron chi connectivity index (χ3n) is 21.8. The van der Waals surface area contributed by atoms with E-state index in [4.69, 9.17) is 42.6 Å². The third kappa shape index (κ3) is 85.9. The van der Waals surface area contributed by atoms with Crippen molar-refractivity contribution in [2.24, 2.45) is 0 Å². The van der Waals surface area contributed by atoms with Crippen LogP contribution >= 0.6 is 0 Å². The number of carbonyl (C=O) groups excluding carboxylic acids is 6. The minimum atomic E-state index is -0.628. The summed E-state index contributed by atoms with van der Waals surface area (Å²) >= 11 is 0.